The first-order valence-electron chi connectivity index (χ1n) is 12.9. The van der Waals surface area contributed by atoms with Crippen molar-refractivity contribution in [1.82, 2.24) is 5.32 Å². The molecule has 1 rings (SSSR count). The van der Waals surface area contributed by atoms with Crippen molar-refractivity contribution < 1.29 is 24.1 Å². The van der Waals surface area contributed by atoms with E-state index in [2.05, 4.69) is 26.1 Å². The molecule has 0 saturated carbocycles. The van der Waals surface area contributed by atoms with Crippen LogP contribution in [0.2, 0.25) is 0 Å². The van der Waals surface area contributed by atoms with E-state index < -0.39 is 12.1 Å². The molecule has 0 aliphatic rings. The highest BCUT2D eigenvalue weighted by atomic mass is 35.5. The van der Waals surface area contributed by atoms with Crippen LogP contribution in [0.4, 0.5) is 0 Å². The summed E-state index contributed by atoms with van der Waals surface area (Å²) in [6, 6.07) is 5.59. The molecule has 36 heavy (non-hydrogen) atoms. The average molecular weight is 529 g/mol. The van der Waals surface area contributed by atoms with Crippen LogP contribution in [0.1, 0.15) is 58.9 Å². The number of ether oxygens (including phenoxy) is 3. The van der Waals surface area contributed by atoms with Gasteiger partial charge in [-0.2, -0.15) is 0 Å². The summed E-state index contributed by atoms with van der Waals surface area (Å²) in [6.45, 7) is 9.94. The largest absolute Gasteiger partial charge is 0.493 e. The first-order chi connectivity index (χ1) is 16.7. The number of unbranched alkanes of at least 4 members (excludes halogenated alkanes) is 1. The van der Waals surface area contributed by atoms with Crippen LogP contribution in [0, 0.1) is 17.8 Å². The normalized spacial score (nSPS) is 14.7. The molecule has 4 N–H and O–H groups in total. The van der Waals surface area contributed by atoms with Gasteiger partial charge in [0.1, 0.15) is 6.61 Å². The van der Waals surface area contributed by atoms with E-state index >= 15 is 0 Å². The zero-order valence-electron chi connectivity index (χ0n) is 23.0. The fraction of sp³-hybridized carbons (Fsp3) is 0.679. The Morgan fingerprint density at radius 3 is 2.42 bits per heavy atom. The van der Waals surface area contributed by atoms with Crippen LogP contribution in [0.5, 0.6) is 11.5 Å². The van der Waals surface area contributed by atoms with E-state index in [1.54, 1.807) is 14.2 Å². The molecule has 0 aliphatic heterocycles. The van der Waals surface area contributed by atoms with Crippen molar-refractivity contribution in [3.8, 4) is 11.5 Å². The summed E-state index contributed by atoms with van der Waals surface area (Å²) >= 11 is 0. The third-order valence-electron chi connectivity index (χ3n) is 6.37. The monoisotopic (exact) mass is 528 g/mol. The number of nitrogens with one attached hydrogen (secondary N) is 1. The number of hydrogen-bond acceptors (Lipinski definition) is 6. The number of carbonyl (C=O) groups is 1. The van der Waals surface area contributed by atoms with Gasteiger partial charge >= 0.3 is 0 Å². The number of methoxy groups -OCH3 is 2. The minimum Gasteiger partial charge on any atom is -0.493 e. The van der Waals surface area contributed by atoms with Crippen molar-refractivity contribution >= 4 is 18.3 Å². The average Bonchev–Trinajstić information content (AvgIpc) is 2.83. The van der Waals surface area contributed by atoms with E-state index in [4.69, 9.17) is 19.9 Å². The summed E-state index contributed by atoms with van der Waals surface area (Å²) in [4.78, 5) is 12.3. The third kappa shape index (κ3) is 12.9. The summed E-state index contributed by atoms with van der Waals surface area (Å²) in [5.74, 6) is 1.75. The molecule has 1 aromatic rings. The summed E-state index contributed by atoms with van der Waals surface area (Å²) in [7, 11) is 3.28. The Morgan fingerprint density at radius 2 is 1.81 bits per heavy atom. The van der Waals surface area contributed by atoms with E-state index in [0.29, 0.717) is 50.0 Å². The van der Waals surface area contributed by atoms with E-state index in [1.807, 2.05) is 37.3 Å². The van der Waals surface area contributed by atoms with Crippen molar-refractivity contribution in [2.75, 3.05) is 34.0 Å². The molecular formula is C28H49ClN2O5. The summed E-state index contributed by atoms with van der Waals surface area (Å²) in [5.41, 5.74) is 7.55. The standard InChI is InChI=1S/C28H48N2O5.ClH/c1-7-8-13-30-28(32)21(4)16-25(31)24(29)19-23(20(2)3)17-22-11-12-26(34-6)27(18-22)35-15-10-9-14-33-5;/h9-12,18,20-21,23-25,31H,7-8,13-17,19,29H2,1-6H3,(H,30,32);1H/t21-,23+,24+,25+;/m1./s1. The zero-order chi connectivity index (χ0) is 26.2. The molecule has 1 amide bonds. The van der Waals surface area contributed by atoms with Crippen LogP contribution in [0.3, 0.4) is 0 Å². The number of halogens is 1. The zero-order valence-corrected chi connectivity index (χ0v) is 23.8. The molecular weight excluding hydrogens is 480 g/mol. The lowest BCUT2D eigenvalue weighted by Crippen LogP contribution is -2.41. The molecule has 208 valence electrons. The molecule has 0 aromatic heterocycles. The number of hydrogen-bond donors (Lipinski definition) is 3. The van der Waals surface area contributed by atoms with Crippen molar-refractivity contribution in [3.63, 3.8) is 0 Å². The second kappa shape index (κ2) is 19.3. The fourth-order valence-corrected chi connectivity index (χ4v) is 3.94. The molecule has 7 nitrogen and oxygen atoms in total. The lowest BCUT2D eigenvalue weighted by molar-refractivity contribution is -0.125. The number of amides is 1. The number of aliphatic hydroxyl groups excluding tert-OH is 1. The van der Waals surface area contributed by atoms with Crippen molar-refractivity contribution in [3.05, 3.63) is 35.9 Å². The van der Waals surface area contributed by atoms with E-state index in [9.17, 15) is 9.90 Å². The Labute approximate surface area is 224 Å². The third-order valence-corrected chi connectivity index (χ3v) is 6.37. The lowest BCUT2D eigenvalue weighted by atomic mass is 9.82. The van der Waals surface area contributed by atoms with Gasteiger partial charge in [0, 0.05) is 25.6 Å². The second-order valence-corrected chi connectivity index (χ2v) is 9.68. The van der Waals surface area contributed by atoms with E-state index in [-0.39, 0.29) is 30.2 Å². The van der Waals surface area contributed by atoms with Gasteiger partial charge in [0.2, 0.25) is 5.91 Å². The molecule has 0 unspecified atom stereocenters. The predicted molar refractivity (Wildman–Crippen MR) is 149 cm³/mol. The molecule has 4 atom stereocenters. The summed E-state index contributed by atoms with van der Waals surface area (Å²) in [6.07, 6.45) is 6.94. The van der Waals surface area contributed by atoms with Crippen LogP contribution >= 0.6 is 12.4 Å². The molecule has 0 aliphatic carbocycles. The molecule has 0 radical (unpaired) electrons. The number of aliphatic hydroxyl groups is 1. The first-order valence-corrected chi connectivity index (χ1v) is 12.9. The summed E-state index contributed by atoms with van der Waals surface area (Å²) < 4.78 is 16.4. The molecule has 0 heterocycles. The highest BCUT2D eigenvalue weighted by molar-refractivity contribution is 5.85. The quantitative estimate of drug-likeness (QED) is 0.191. The molecule has 0 saturated heterocycles. The first kappa shape index (κ1) is 34.2. The molecule has 0 fully saturated rings. The van der Waals surface area contributed by atoms with Gasteiger partial charge in [0.05, 0.1) is 19.8 Å². The fourth-order valence-electron chi connectivity index (χ4n) is 3.94. The Morgan fingerprint density at radius 1 is 1.11 bits per heavy atom. The van der Waals surface area contributed by atoms with Crippen molar-refractivity contribution in [2.45, 2.75) is 71.9 Å². The predicted octanol–water partition coefficient (Wildman–Crippen LogP) is 4.53. The molecule has 0 spiro atoms. The Hall–Kier alpha value is -1.80. The van der Waals surface area contributed by atoms with E-state index in [0.717, 1.165) is 24.8 Å². The maximum absolute atomic E-state index is 12.3. The van der Waals surface area contributed by atoms with Crippen LogP contribution in [-0.4, -0.2) is 57.1 Å². The Kier molecular flexibility index (Phi) is 18.4. The van der Waals surface area contributed by atoms with Gasteiger partial charge in [0.15, 0.2) is 11.5 Å². The second-order valence-electron chi connectivity index (χ2n) is 9.68. The van der Waals surface area contributed by atoms with Crippen molar-refractivity contribution in [2.24, 2.45) is 23.5 Å². The van der Waals surface area contributed by atoms with Crippen LogP contribution < -0.4 is 20.5 Å². The number of carbonyl (C=O) groups excluding carboxylic acids is 1. The Bertz CT molecular complexity index is 759. The Balaban J connectivity index is 0.0000122. The maximum Gasteiger partial charge on any atom is 0.222 e. The van der Waals surface area contributed by atoms with Gasteiger partial charge < -0.3 is 30.4 Å². The van der Waals surface area contributed by atoms with Crippen LogP contribution in [-0.2, 0) is 16.0 Å². The SMILES string of the molecule is CCCCNC(=O)[C@H](C)C[C@H](O)[C@@H](N)C[C@H](Cc1ccc(OC)c(OCC=CCOC)c1)C(C)C.Cl. The lowest BCUT2D eigenvalue weighted by Gasteiger charge is -2.28. The van der Waals surface area contributed by atoms with Gasteiger partial charge in [-0.15, -0.1) is 12.4 Å². The minimum atomic E-state index is -0.725. The summed E-state index contributed by atoms with van der Waals surface area (Å²) in [5, 5.41) is 13.7. The number of nitrogens with two attached hydrogens (primary N) is 1. The number of benzene rings is 1. The minimum absolute atomic E-state index is 0. The molecule has 0 bridgehead atoms. The highest BCUT2D eigenvalue weighted by Gasteiger charge is 2.26. The maximum atomic E-state index is 12.3. The van der Waals surface area contributed by atoms with E-state index in [1.165, 1.54) is 0 Å². The van der Waals surface area contributed by atoms with Gasteiger partial charge in [-0.05, 0) is 61.3 Å². The smallest absolute Gasteiger partial charge is 0.222 e. The van der Waals surface area contributed by atoms with Gasteiger partial charge in [-0.1, -0.05) is 46.3 Å². The van der Waals surface area contributed by atoms with Crippen LogP contribution in [0.15, 0.2) is 30.4 Å². The van der Waals surface area contributed by atoms with Gasteiger partial charge in [-0.25, -0.2) is 0 Å². The van der Waals surface area contributed by atoms with Crippen LogP contribution in [0.25, 0.3) is 0 Å². The molecule has 8 heteroatoms. The molecule has 1 aromatic carbocycles. The topological polar surface area (TPSA) is 103 Å². The number of rotatable bonds is 18. The van der Waals surface area contributed by atoms with Gasteiger partial charge in [-0.3, -0.25) is 4.79 Å². The highest BCUT2D eigenvalue weighted by Crippen LogP contribution is 2.31. The van der Waals surface area contributed by atoms with Gasteiger partial charge in [0.25, 0.3) is 0 Å². The van der Waals surface area contributed by atoms with Crippen molar-refractivity contribution in [1.29, 1.82) is 0 Å².